The Morgan fingerprint density at radius 1 is 1.53 bits per heavy atom. The lowest BCUT2D eigenvalue weighted by Gasteiger charge is -2.00. The average Bonchev–Trinajstić information content (AvgIpc) is 2.31. The molecule has 0 aromatic heterocycles. The van der Waals surface area contributed by atoms with E-state index in [4.69, 9.17) is 0 Å². The molecule has 0 heterocycles. The highest BCUT2D eigenvalue weighted by atomic mass is 32.2. The van der Waals surface area contributed by atoms with Crippen LogP contribution < -0.4 is 0 Å². The van der Waals surface area contributed by atoms with Crippen molar-refractivity contribution in [1.29, 1.82) is 0 Å². The molecule has 0 saturated carbocycles. The summed E-state index contributed by atoms with van der Waals surface area (Å²) in [6.07, 6.45) is 0.466. The Bertz CT molecular complexity index is 575. The molecule has 0 radical (unpaired) electrons. The number of benzene rings is 1. The van der Waals surface area contributed by atoms with Crippen molar-refractivity contribution in [3.05, 3.63) is 39.2 Å². The molecule has 4 nitrogen and oxygen atoms in total. The summed E-state index contributed by atoms with van der Waals surface area (Å²) in [6, 6.07) is 2.06. The fourth-order valence-electron chi connectivity index (χ4n) is 1.39. The topological polar surface area (TPSA) is 60.2 Å². The first-order valence-corrected chi connectivity index (χ1v) is 6.47. The van der Waals surface area contributed by atoms with Crippen molar-refractivity contribution in [3.8, 4) is 11.8 Å². The fraction of sp³-hybridized carbons (Fsp3) is 0.308. The third kappa shape index (κ3) is 4.72. The highest BCUT2D eigenvalue weighted by Crippen LogP contribution is 2.22. The van der Waals surface area contributed by atoms with Gasteiger partial charge >= 0.3 is 0 Å². The number of thioether (sulfide) groups is 1. The Kier molecular flexibility index (Phi) is 5.52. The predicted octanol–water partition coefficient (Wildman–Crippen LogP) is 3.06. The van der Waals surface area contributed by atoms with Crippen LogP contribution in [0.25, 0.3) is 0 Å². The van der Waals surface area contributed by atoms with E-state index in [9.17, 15) is 19.3 Å². The van der Waals surface area contributed by atoms with E-state index in [0.717, 1.165) is 17.8 Å². The second-order valence-electron chi connectivity index (χ2n) is 3.75. The van der Waals surface area contributed by atoms with Gasteiger partial charge in [-0.15, -0.1) is 0 Å². The number of nitro groups is 1. The maximum Gasteiger partial charge on any atom is 0.276 e. The minimum absolute atomic E-state index is 0.0133. The van der Waals surface area contributed by atoms with Gasteiger partial charge in [0.25, 0.3) is 5.69 Å². The zero-order valence-corrected chi connectivity index (χ0v) is 11.3. The zero-order chi connectivity index (χ0) is 14.4. The maximum atomic E-state index is 13.2. The average molecular weight is 281 g/mol. The Hall–Kier alpha value is -1.87. The Balaban J connectivity index is 2.87. The summed E-state index contributed by atoms with van der Waals surface area (Å²) < 4.78 is 13.2. The van der Waals surface area contributed by atoms with Crippen molar-refractivity contribution in [2.45, 2.75) is 20.3 Å². The van der Waals surface area contributed by atoms with Crippen LogP contribution in [0, 0.1) is 34.7 Å². The molecule has 0 bridgehead atoms. The van der Waals surface area contributed by atoms with Gasteiger partial charge < -0.3 is 0 Å². The predicted molar refractivity (Wildman–Crippen MR) is 72.4 cm³/mol. The van der Waals surface area contributed by atoms with Crippen LogP contribution in [-0.4, -0.2) is 15.8 Å². The van der Waals surface area contributed by atoms with E-state index < -0.39 is 10.7 Å². The fourth-order valence-corrected chi connectivity index (χ4v) is 1.88. The van der Waals surface area contributed by atoms with Gasteiger partial charge in [0.1, 0.15) is 5.82 Å². The van der Waals surface area contributed by atoms with Gasteiger partial charge in [-0.05, 0) is 13.0 Å². The van der Waals surface area contributed by atoms with Crippen LogP contribution in [0.3, 0.4) is 0 Å². The third-order valence-corrected chi connectivity index (χ3v) is 3.11. The van der Waals surface area contributed by atoms with Gasteiger partial charge in [-0.3, -0.25) is 14.9 Å². The lowest BCUT2D eigenvalue weighted by molar-refractivity contribution is -0.385. The van der Waals surface area contributed by atoms with Gasteiger partial charge in [-0.2, -0.15) is 0 Å². The molecule has 0 aliphatic heterocycles. The van der Waals surface area contributed by atoms with E-state index in [0.29, 0.717) is 23.3 Å². The van der Waals surface area contributed by atoms with Crippen molar-refractivity contribution in [1.82, 2.24) is 0 Å². The first-order valence-electron chi connectivity index (χ1n) is 5.48. The summed E-state index contributed by atoms with van der Waals surface area (Å²) in [5, 5.41) is 10.7. The molecule has 0 amide bonds. The molecule has 0 spiro atoms. The van der Waals surface area contributed by atoms with Gasteiger partial charge in [0.15, 0.2) is 5.12 Å². The SMILES string of the molecule is CC(=O)SCCC#Cc1cc(F)cc([N+](=O)[O-])c1C. The van der Waals surface area contributed by atoms with Gasteiger partial charge in [0.05, 0.1) is 11.0 Å². The summed E-state index contributed by atoms with van der Waals surface area (Å²) >= 11 is 1.16. The zero-order valence-electron chi connectivity index (χ0n) is 10.5. The molecule has 19 heavy (non-hydrogen) atoms. The van der Waals surface area contributed by atoms with Gasteiger partial charge in [0.2, 0.25) is 0 Å². The van der Waals surface area contributed by atoms with Crippen molar-refractivity contribution in [3.63, 3.8) is 0 Å². The number of nitrogens with zero attached hydrogens (tertiary/aromatic N) is 1. The second kappa shape index (κ2) is 6.90. The Morgan fingerprint density at radius 2 is 2.21 bits per heavy atom. The summed E-state index contributed by atoms with van der Waals surface area (Å²) in [7, 11) is 0. The Labute approximate surface area is 114 Å². The largest absolute Gasteiger partial charge is 0.288 e. The number of halogens is 1. The van der Waals surface area contributed by atoms with Gasteiger partial charge in [-0.25, -0.2) is 4.39 Å². The normalized spacial score (nSPS) is 9.63. The van der Waals surface area contributed by atoms with Crippen LogP contribution in [0.5, 0.6) is 0 Å². The lowest BCUT2D eigenvalue weighted by atomic mass is 10.1. The molecule has 100 valence electrons. The molecular weight excluding hydrogens is 269 g/mol. The smallest absolute Gasteiger partial charge is 0.276 e. The van der Waals surface area contributed by atoms with E-state index in [2.05, 4.69) is 11.8 Å². The van der Waals surface area contributed by atoms with Gasteiger partial charge in [-0.1, -0.05) is 23.6 Å². The molecule has 0 saturated heterocycles. The van der Waals surface area contributed by atoms with E-state index in [1.54, 1.807) is 0 Å². The van der Waals surface area contributed by atoms with Crippen LogP contribution in [-0.2, 0) is 4.79 Å². The number of hydrogen-bond acceptors (Lipinski definition) is 4. The molecular formula is C13H12FNO3S. The quantitative estimate of drug-likeness (QED) is 0.370. The number of carbonyl (C=O) groups excluding carboxylic acids is 1. The molecule has 0 atom stereocenters. The van der Waals surface area contributed by atoms with Crippen molar-refractivity contribution >= 4 is 22.6 Å². The van der Waals surface area contributed by atoms with E-state index in [1.807, 2.05) is 0 Å². The van der Waals surface area contributed by atoms with Crippen LogP contribution in [0.1, 0.15) is 24.5 Å². The molecule has 0 aliphatic carbocycles. The molecule has 0 unspecified atom stereocenters. The summed E-state index contributed by atoms with van der Waals surface area (Å²) in [5.74, 6) is 5.36. The first-order chi connectivity index (χ1) is 8.91. The lowest BCUT2D eigenvalue weighted by Crippen LogP contribution is -1.96. The Morgan fingerprint density at radius 3 is 2.79 bits per heavy atom. The standard InChI is InChI=1S/C13H12FNO3S/c1-9-11(5-3-4-6-19-10(2)16)7-12(14)8-13(9)15(17)18/h7-8H,4,6H2,1-2H3. The van der Waals surface area contributed by atoms with E-state index in [-0.39, 0.29) is 10.8 Å². The minimum atomic E-state index is -0.681. The monoisotopic (exact) mass is 281 g/mol. The van der Waals surface area contributed by atoms with Crippen LogP contribution >= 0.6 is 11.8 Å². The maximum absolute atomic E-state index is 13.2. The number of hydrogen-bond donors (Lipinski definition) is 0. The van der Waals surface area contributed by atoms with Crippen LogP contribution in [0.15, 0.2) is 12.1 Å². The van der Waals surface area contributed by atoms with Crippen LogP contribution in [0.4, 0.5) is 10.1 Å². The summed E-state index contributed by atoms with van der Waals surface area (Å²) in [6.45, 7) is 3.00. The number of rotatable bonds is 3. The highest BCUT2D eigenvalue weighted by Gasteiger charge is 2.15. The van der Waals surface area contributed by atoms with Gasteiger partial charge in [0, 0.05) is 30.2 Å². The molecule has 0 aliphatic rings. The van der Waals surface area contributed by atoms with Crippen molar-refractivity contribution < 1.29 is 14.1 Å². The number of nitro benzene ring substituents is 1. The molecule has 0 N–H and O–H groups in total. The molecule has 1 aromatic carbocycles. The van der Waals surface area contributed by atoms with E-state index >= 15 is 0 Å². The molecule has 0 fully saturated rings. The molecule has 1 rings (SSSR count). The molecule has 1 aromatic rings. The minimum Gasteiger partial charge on any atom is -0.288 e. The molecule has 6 heteroatoms. The first kappa shape index (κ1) is 15.2. The third-order valence-electron chi connectivity index (χ3n) is 2.30. The van der Waals surface area contributed by atoms with Crippen LogP contribution in [0.2, 0.25) is 0 Å². The second-order valence-corrected chi connectivity index (χ2v) is 5.02. The highest BCUT2D eigenvalue weighted by molar-refractivity contribution is 8.13. The van der Waals surface area contributed by atoms with Crippen molar-refractivity contribution in [2.75, 3.05) is 5.75 Å². The summed E-state index contributed by atoms with van der Waals surface area (Å²) in [4.78, 5) is 20.8. The number of carbonyl (C=O) groups is 1. The van der Waals surface area contributed by atoms with E-state index in [1.165, 1.54) is 19.9 Å². The summed E-state index contributed by atoms with van der Waals surface area (Å²) in [5.41, 5.74) is 0.375. The van der Waals surface area contributed by atoms with Crippen molar-refractivity contribution in [2.24, 2.45) is 0 Å².